The summed E-state index contributed by atoms with van der Waals surface area (Å²) in [6, 6.07) is 14.0. The van der Waals surface area contributed by atoms with Crippen molar-refractivity contribution in [1.29, 1.82) is 0 Å². The van der Waals surface area contributed by atoms with Crippen LogP contribution in [0.1, 0.15) is 36.7 Å². The molecule has 2 aromatic carbocycles. The van der Waals surface area contributed by atoms with Crippen molar-refractivity contribution in [1.82, 2.24) is 25.0 Å². The van der Waals surface area contributed by atoms with Crippen molar-refractivity contribution in [3.05, 3.63) is 95.7 Å². The maximum Gasteiger partial charge on any atom is 0.330 e. The van der Waals surface area contributed by atoms with Gasteiger partial charge in [-0.1, -0.05) is 47.7 Å². The Morgan fingerprint density at radius 2 is 2.06 bits per heavy atom. The van der Waals surface area contributed by atoms with E-state index < -0.39 is 0 Å². The fourth-order valence-electron chi connectivity index (χ4n) is 3.61. The Morgan fingerprint density at radius 1 is 1.21 bits per heavy atom. The standard InChI is InChI=1S/C26H24FN5O2/c1-3-7-20(15-19-9-5-8-18(14-19)12-13-24(33)34-4-2)25-28-17-23-26(29-25)32(31-30-23)22-11-6-10-21(27)16-22/h3,5-14,16-17,20H,4,15H2,1-2H3/b7-3+,13-12+. The SMILES string of the molecule is C/C=C/C(Cc1cccc(/C=C/C(=O)OCC)c1)c1ncc2nnn(-c3cccc(F)c3)c2n1. The second-order valence-corrected chi connectivity index (χ2v) is 7.58. The Morgan fingerprint density at radius 3 is 2.85 bits per heavy atom. The van der Waals surface area contributed by atoms with Crippen molar-refractivity contribution in [3.8, 4) is 5.69 Å². The summed E-state index contributed by atoms with van der Waals surface area (Å²) in [6.45, 7) is 4.06. The van der Waals surface area contributed by atoms with Crippen molar-refractivity contribution in [2.45, 2.75) is 26.2 Å². The molecule has 1 unspecified atom stereocenters. The largest absolute Gasteiger partial charge is 0.463 e. The predicted octanol–water partition coefficient (Wildman–Crippen LogP) is 4.83. The number of aromatic nitrogens is 5. The number of benzene rings is 2. The minimum absolute atomic E-state index is 0.102. The second kappa shape index (κ2) is 10.6. The van der Waals surface area contributed by atoms with Crippen LogP contribution in [-0.2, 0) is 16.0 Å². The fourth-order valence-corrected chi connectivity index (χ4v) is 3.61. The minimum atomic E-state index is -0.370. The number of fused-ring (bicyclic) bond motifs is 1. The molecule has 0 amide bonds. The Hall–Kier alpha value is -4.20. The van der Waals surface area contributed by atoms with Gasteiger partial charge in [0.25, 0.3) is 0 Å². The molecule has 0 aliphatic heterocycles. The molecule has 0 aliphatic carbocycles. The predicted molar refractivity (Wildman–Crippen MR) is 128 cm³/mol. The normalized spacial score (nSPS) is 12.6. The molecule has 0 saturated heterocycles. The third kappa shape index (κ3) is 5.40. The van der Waals surface area contributed by atoms with Crippen molar-refractivity contribution < 1.29 is 13.9 Å². The highest BCUT2D eigenvalue weighted by Gasteiger charge is 2.17. The zero-order chi connectivity index (χ0) is 23.9. The molecule has 2 aromatic heterocycles. The van der Waals surface area contributed by atoms with E-state index in [9.17, 15) is 9.18 Å². The smallest absolute Gasteiger partial charge is 0.330 e. The number of allylic oxidation sites excluding steroid dienone is 2. The molecule has 1 atom stereocenters. The molecule has 0 radical (unpaired) electrons. The van der Waals surface area contributed by atoms with Crippen LogP contribution in [0.4, 0.5) is 4.39 Å². The summed E-state index contributed by atoms with van der Waals surface area (Å²) >= 11 is 0. The van der Waals surface area contributed by atoms with Gasteiger partial charge in [0, 0.05) is 12.0 Å². The minimum Gasteiger partial charge on any atom is -0.463 e. The second-order valence-electron chi connectivity index (χ2n) is 7.58. The van der Waals surface area contributed by atoms with E-state index in [0.717, 1.165) is 11.1 Å². The van der Waals surface area contributed by atoms with Crippen LogP contribution >= 0.6 is 0 Å². The van der Waals surface area contributed by atoms with Gasteiger partial charge in [-0.15, -0.1) is 5.10 Å². The Labute approximate surface area is 196 Å². The van der Waals surface area contributed by atoms with E-state index in [1.54, 1.807) is 31.3 Å². The van der Waals surface area contributed by atoms with E-state index in [-0.39, 0.29) is 17.7 Å². The van der Waals surface area contributed by atoms with Crippen molar-refractivity contribution in [2.24, 2.45) is 0 Å². The van der Waals surface area contributed by atoms with Gasteiger partial charge in [0.2, 0.25) is 0 Å². The molecule has 2 heterocycles. The molecule has 34 heavy (non-hydrogen) atoms. The number of nitrogens with zero attached hydrogens (tertiary/aromatic N) is 5. The van der Waals surface area contributed by atoms with Gasteiger partial charge >= 0.3 is 5.97 Å². The number of carbonyl (C=O) groups is 1. The van der Waals surface area contributed by atoms with Gasteiger partial charge in [-0.2, -0.15) is 4.68 Å². The quantitative estimate of drug-likeness (QED) is 0.214. The lowest BCUT2D eigenvalue weighted by atomic mass is 9.96. The van der Waals surface area contributed by atoms with Gasteiger partial charge in [0.15, 0.2) is 11.2 Å². The summed E-state index contributed by atoms with van der Waals surface area (Å²) in [5.74, 6) is -0.225. The number of ether oxygens (including phenoxy) is 1. The van der Waals surface area contributed by atoms with Crippen LogP contribution in [0.2, 0.25) is 0 Å². The van der Waals surface area contributed by atoms with Crippen LogP contribution in [0.25, 0.3) is 22.9 Å². The number of hydrogen-bond acceptors (Lipinski definition) is 6. The van der Waals surface area contributed by atoms with Gasteiger partial charge in [-0.25, -0.2) is 19.2 Å². The molecular weight excluding hydrogens is 433 g/mol. The Balaban J connectivity index is 1.63. The maximum atomic E-state index is 13.7. The van der Waals surface area contributed by atoms with E-state index in [4.69, 9.17) is 9.72 Å². The topological polar surface area (TPSA) is 82.8 Å². The highest BCUT2D eigenvalue weighted by Crippen LogP contribution is 2.23. The molecule has 7 nitrogen and oxygen atoms in total. The average molecular weight is 458 g/mol. The van der Waals surface area contributed by atoms with Gasteiger partial charge in [-0.05, 0) is 55.7 Å². The molecule has 0 aliphatic rings. The third-order valence-electron chi connectivity index (χ3n) is 5.13. The molecule has 8 heteroatoms. The van der Waals surface area contributed by atoms with E-state index in [2.05, 4.69) is 15.3 Å². The van der Waals surface area contributed by atoms with E-state index in [0.29, 0.717) is 35.7 Å². The molecular formula is C26H24FN5O2. The zero-order valence-electron chi connectivity index (χ0n) is 18.9. The van der Waals surface area contributed by atoms with E-state index in [1.807, 2.05) is 43.3 Å². The molecule has 0 spiro atoms. The molecule has 0 saturated carbocycles. The van der Waals surface area contributed by atoms with E-state index in [1.165, 1.54) is 22.9 Å². The van der Waals surface area contributed by atoms with E-state index >= 15 is 0 Å². The number of esters is 1. The van der Waals surface area contributed by atoms with Gasteiger partial charge < -0.3 is 4.74 Å². The van der Waals surface area contributed by atoms with Crippen LogP contribution in [0, 0.1) is 5.82 Å². The number of hydrogen-bond donors (Lipinski definition) is 0. The maximum absolute atomic E-state index is 13.7. The fraction of sp³-hybridized carbons (Fsp3) is 0.192. The van der Waals surface area contributed by atoms with Crippen LogP contribution in [0.5, 0.6) is 0 Å². The first kappa shape index (κ1) is 23.0. The lowest BCUT2D eigenvalue weighted by Crippen LogP contribution is -2.07. The van der Waals surface area contributed by atoms with Crippen LogP contribution in [0.15, 0.2) is 73.0 Å². The number of carbonyl (C=O) groups excluding carboxylic acids is 1. The van der Waals surface area contributed by atoms with Gasteiger partial charge in [0.1, 0.15) is 11.6 Å². The first-order chi connectivity index (χ1) is 16.6. The van der Waals surface area contributed by atoms with Gasteiger partial charge in [-0.3, -0.25) is 0 Å². The summed E-state index contributed by atoms with van der Waals surface area (Å²) in [6.07, 6.45) is 9.44. The monoisotopic (exact) mass is 457 g/mol. The summed E-state index contributed by atoms with van der Waals surface area (Å²) in [7, 11) is 0. The number of halogens is 1. The molecule has 4 aromatic rings. The first-order valence-electron chi connectivity index (χ1n) is 11.0. The summed E-state index contributed by atoms with van der Waals surface area (Å²) in [5.41, 5.74) is 3.54. The molecule has 4 rings (SSSR count). The molecule has 0 bridgehead atoms. The molecule has 172 valence electrons. The van der Waals surface area contributed by atoms with Gasteiger partial charge in [0.05, 0.1) is 18.5 Å². The molecule has 0 fully saturated rings. The van der Waals surface area contributed by atoms with Crippen LogP contribution < -0.4 is 0 Å². The first-order valence-corrected chi connectivity index (χ1v) is 11.0. The zero-order valence-corrected chi connectivity index (χ0v) is 18.9. The van der Waals surface area contributed by atoms with Crippen LogP contribution in [0.3, 0.4) is 0 Å². The number of rotatable bonds is 8. The summed E-state index contributed by atoms with van der Waals surface area (Å²) in [4.78, 5) is 20.9. The lowest BCUT2D eigenvalue weighted by Gasteiger charge is -2.12. The van der Waals surface area contributed by atoms with Crippen molar-refractivity contribution in [3.63, 3.8) is 0 Å². The summed E-state index contributed by atoms with van der Waals surface area (Å²) < 4.78 is 20.2. The highest BCUT2D eigenvalue weighted by atomic mass is 19.1. The highest BCUT2D eigenvalue weighted by molar-refractivity contribution is 5.87. The molecule has 0 N–H and O–H groups in total. The van der Waals surface area contributed by atoms with Crippen molar-refractivity contribution in [2.75, 3.05) is 6.61 Å². The lowest BCUT2D eigenvalue weighted by molar-refractivity contribution is -0.137. The third-order valence-corrected chi connectivity index (χ3v) is 5.13. The Kier molecular flexibility index (Phi) is 7.17. The van der Waals surface area contributed by atoms with Crippen molar-refractivity contribution >= 4 is 23.2 Å². The summed E-state index contributed by atoms with van der Waals surface area (Å²) in [5, 5.41) is 8.25. The van der Waals surface area contributed by atoms with Crippen LogP contribution in [-0.4, -0.2) is 37.5 Å². The Bertz CT molecular complexity index is 1360. The average Bonchev–Trinajstić information content (AvgIpc) is 3.26.